The second kappa shape index (κ2) is 3.69. The first kappa shape index (κ1) is 10.6. The lowest BCUT2D eigenvalue weighted by atomic mass is 9.94. The molecule has 12 heavy (non-hydrogen) atoms. The lowest BCUT2D eigenvalue weighted by Crippen LogP contribution is -2.11. The summed E-state index contributed by atoms with van der Waals surface area (Å²) in [6, 6.07) is 0. The van der Waals surface area contributed by atoms with Gasteiger partial charge >= 0.3 is 0 Å². The molecule has 72 valence electrons. The molecule has 1 rings (SSSR count). The summed E-state index contributed by atoms with van der Waals surface area (Å²) in [5.74, 6) is 1.89. The highest BCUT2D eigenvalue weighted by Crippen LogP contribution is 2.55. The largest absolute Gasteiger partial charge is 0.0891 e. The van der Waals surface area contributed by atoms with E-state index in [1.54, 1.807) is 0 Å². The molecule has 0 aromatic heterocycles. The third-order valence-corrected chi connectivity index (χ3v) is 4.23. The molecule has 0 amide bonds. The minimum Gasteiger partial charge on any atom is -0.0891 e. The highest BCUT2D eigenvalue weighted by Gasteiger charge is 2.46. The summed E-state index contributed by atoms with van der Waals surface area (Å²) in [5, 5.41) is 0. The van der Waals surface area contributed by atoms with E-state index in [2.05, 4.69) is 43.6 Å². The van der Waals surface area contributed by atoms with Crippen LogP contribution in [0.3, 0.4) is 0 Å². The number of hydrogen-bond donors (Lipinski definition) is 0. The van der Waals surface area contributed by atoms with Crippen LogP contribution in [0.25, 0.3) is 0 Å². The predicted octanol–water partition coefficient (Wildman–Crippen LogP) is 4.23. The first-order chi connectivity index (χ1) is 5.47. The highest BCUT2D eigenvalue weighted by atomic mass is 79.9. The fourth-order valence-electron chi connectivity index (χ4n) is 2.02. The van der Waals surface area contributed by atoms with Crippen molar-refractivity contribution >= 4 is 15.9 Å². The van der Waals surface area contributed by atoms with E-state index < -0.39 is 0 Å². The van der Waals surface area contributed by atoms with Crippen molar-refractivity contribution in [3.8, 4) is 0 Å². The second-order valence-electron chi connectivity index (χ2n) is 4.97. The van der Waals surface area contributed by atoms with E-state index in [9.17, 15) is 0 Å². The number of alkyl halides is 1. The van der Waals surface area contributed by atoms with Gasteiger partial charge in [0.05, 0.1) is 0 Å². The van der Waals surface area contributed by atoms with E-state index in [0.717, 1.165) is 11.8 Å². The third-order valence-electron chi connectivity index (χ3n) is 3.48. The van der Waals surface area contributed by atoms with E-state index in [1.807, 2.05) is 0 Å². The standard InChI is InChI=1S/C11H21Br/c1-5-9(8(2)12)6-10-7-11(10,3)4/h8-10H,5-7H2,1-4H3/t8?,9-,10+/m0/s1. The van der Waals surface area contributed by atoms with E-state index in [0.29, 0.717) is 10.2 Å². The van der Waals surface area contributed by atoms with Gasteiger partial charge < -0.3 is 0 Å². The molecule has 0 bridgehead atoms. The smallest absolute Gasteiger partial charge is 0.0145 e. The van der Waals surface area contributed by atoms with Crippen molar-refractivity contribution < 1.29 is 0 Å². The zero-order valence-corrected chi connectivity index (χ0v) is 10.3. The molecule has 0 nitrogen and oxygen atoms in total. The van der Waals surface area contributed by atoms with Gasteiger partial charge in [0.15, 0.2) is 0 Å². The molecule has 1 heteroatoms. The lowest BCUT2D eigenvalue weighted by molar-refractivity contribution is 0.403. The monoisotopic (exact) mass is 232 g/mol. The molecule has 1 fully saturated rings. The molecule has 1 saturated carbocycles. The maximum atomic E-state index is 3.69. The summed E-state index contributed by atoms with van der Waals surface area (Å²) in [6.45, 7) is 9.37. The van der Waals surface area contributed by atoms with Crippen LogP contribution in [-0.4, -0.2) is 4.83 Å². The molecule has 0 aliphatic heterocycles. The zero-order valence-electron chi connectivity index (χ0n) is 8.73. The van der Waals surface area contributed by atoms with Crippen molar-refractivity contribution in [3.05, 3.63) is 0 Å². The van der Waals surface area contributed by atoms with E-state index >= 15 is 0 Å². The number of rotatable bonds is 4. The molecule has 0 aromatic carbocycles. The molecular weight excluding hydrogens is 212 g/mol. The minimum atomic E-state index is 0.662. The van der Waals surface area contributed by atoms with Crippen molar-refractivity contribution in [1.29, 1.82) is 0 Å². The molecule has 1 aliphatic rings. The van der Waals surface area contributed by atoms with Gasteiger partial charge in [-0.05, 0) is 30.1 Å². The third kappa shape index (κ3) is 2.48. The van der Waals surface area contributed by atoms with Crippen molar-refractivity contribution in [1.82, 2.24) is 0 Å². The van der Waals surface area contributed by atoms with E-state index in [1.165, 1.54) is 19.3 Å². The Kier molecular flexibility index (Phi) is 3.25. The Morgan fingerprint density at radius 2 is 2.00 bits per heavy atom. The summed E-state index contributed by atoms with van der Waals surface area (Å²) >= 11 is 3.69. The maximum Gasteiger partial charge on any atom is 0.0145 e. The quantitative estimate of drug-likeness (QED) is 0.637. The molecule has 1 unspecified atom stereocenters. The molecule has 0 spiro atoms. The van der Waals surface area contributed by atoms with Crippen LogP contribution in [0.4, 0.5) is 0 Å². The fraction of sp³-hybridized carbons (Fsp3) is 1.00. The maximum absolute atomic E-state index is 3.69. The van der Waals surface area contributed by atoms with Crippen LogP contribution in [0.15, 0.2) is 0 Å². The van der Waals surface area contributed by atoms with Crippen LogP contribution in [0, 0.1) is 17.3 Å². The Morgan fingerprint density at radius 3 is 2.25 bits per heavy atom. The lowest BCUT2D eigenvalue weighted by Gasteiger charge is -2.18. The first-order valence-electron chi connectivity index (χ1n) is 5.11. The fourth-order valence-corrected chi connectivity index (χ4v) is 2.61. The number of halogens is 1. The van der Waals surface area contributed by atoms with Crippen LogP contribution in [0.5, 0.6) is 0 Å². The van der Waals surface area contributed by atoms with Crippen LogP contribution in [-0.2, 0) is 0 Å². The molecule has 0 radical (unpaired) electrons. The van der Waals surface area contributed by atoms with Crippen molar-refractivity contribution in [2.24, 2.45) is 17.3 Å². The number of hydrogen-bond acceptors (Lipinski definition) is 0. The SMILES string of the molecule is CC[C@@H](C[C@@H]1CC1(C)C)C(C)Br. The average molecular weight is 233 g/mol. The first-order valence-corrected chi connectivity index (χ1v) is 6.03. The van der Waals surface area contributed by atoms with Gasteiger partial charge in [-0.25, -0.2) is 0 Å². The van der Waals surface area contributed by atoms with Gasteiger partial charge in [-0.3, -0.25) is 0 Å². The zero-order chi connectivity index (χ0) is 9.35. The molecule has 0 aromatic rings. The second-order valence-corrected chi connectivity index (χ2v) is 6.42. The van der Waals surface area contributed by atoms with Gasteiger partial charge in [-0.15, -0.1) is 0 Å². The van der Waals surface area contributed by atoms with Crippen LogP contribution in [0.1, 0.15) is 47.0 Å². The van der Waals surface area contributed by atoms with Gasteiger partial charge in [0.1, 0.15) is 0 Å². The Bertz CT molecular complexity index is 149. The van der Waals surface area contributed by atoms with E-state index in [4.69, 9.17) is 0 Å². The van der Waals surface area contributed by atoms with Gasteiger partial charge in [0.2, 0.25) is 0 Å². The highest BCUT2D eigenvalue weighted by molar-refractivity contribution is 9.09. The molecule has 0 saturated heterocycles. The summed E-state index contributed by atoms with van der Waals surface area (Å²) in [5.41, 5.74) is 0.662. The van der Waals surface area contributed by atoms with Gasteiger partial charge in [0, 0.05) is 4.83 Å². The van der Waals surface area contributed by atoms with E-state index in [-0.39, 0.29) is 0 Å². The normalized spacial score (nSPS) is 31.2. The Hall–Kier alpha value is 0.480. The summed E-state index contributed by atoms with van der Waals surface area (Å²) in [4.78, 5) is 0.693. The Balaban J connectivity index is 2.30. The van der Waals surface area contributed by atoms with Crippen molar-refractivity contribution in [2.75, 3.05) is 0 Å². The summed E-state index contributed by atoms with van der Waals surface area (Å²) in [6.07, 6.45) is 4.19. The van der Waals surface area contributed by atoms with Crippen LogP contribution < -0.4 is 0 Å². The molecule has 0 N–H and O–H groups in total. The van der Waals surface area contributed by atoms with Crippen molar-refractivity contribution in [2.45, 2.75) is 51.8 Å². The average Bonchev–Trinajstić information content (AvgIpc) is 2.53. The minimum absolute atomic E-state index is 0.662. The molecule has 0 heterocycles. The molecular formula is C11H21Br. The predicted molar refractivity (Wildman–Crippen MR) is 58.7 cm³/mol. The Morgan fingerprint density at radius 1 is 1.50 bits per heavy atom. The van der Waals surface area contributed by atoms with Crippen LogP contribution in [0.2, 0.25) is 0 Å². The van der Waals surface area contributed by atoms with Crippen LogP contribution >= 0.6 is 15.9 Å². The van der Waals surface area contributed by atoms with Crippen molar-refractivity contribution in [3.63, 3.8) is 0 Å². The topological polar surface area (TPSA) is 0 Å². The summed E-state index contributed by atoms with van der Waals surface area (Å²) < 4.78 is 0. The molecule has 1 aliphatic carbocycles. The van der Waals surface area contributed by atoms with Gasteiger partial charge in [-0.2, -0.15) is 0 Å². The Labute approximate surface area is 85.3 Å². The van der Waals surface area contributed by atoms with Gasteiger partial charge in [0.25, 0.3) is 0 Å². The molecule has 3 atom stereocenters. The summed E-state index contributed by atoms with van der Waals surface area (Å²) in [7, 11) is 0. The van der Waals surface area contributed by atoms with Gasteiger partial charge in [-0.1, -0.05) is 50.0 Å².